The molecule has 1 fully saturated rings. The zero-order valence-electron chi connectivity index (χ0n) is 9.32. The molecule has 1 atom stereocenters. The summed E-state index contributed by atoms with van der Waals surface area (Å²) in [7, 11) is 1.92. The van der Waals surface area contributed by atoms with Crippen LogP contribution in [0.4, 0.5) is 0 Å². The third-order valence-corrected chi connectivity index (χ3v) is 2.99. The van der Waals surface area contributed by atoms with E-state index in [0.717, 1.165) is 37.6 Å². The second kappa shape index (κ2) is 4.77. The summed E-state index contributed by atoms with van der Waals surface area (Å²) in [4.78, 5) is 4.52. The van der Waals surface area contributed by atoms with Gasteiger partial charge in [-0.2, -0.15) is 0 Å². The van der Waals surface area contributed by atoms with Crippen molar-refractivity contribution in [1.82, 2.24) is 10.3 Å². The van der Waals surface area contributed by atoms with Crippen molar-refractivity contribution in [3.05, 3.63) is 17.8 Å². The Hall–Kier alpha value is -0.870. The van der Waals surface area contributed by atoms with Gasteiger partial charge in [0.2, 0.25) is 0 Å². The van der Waals surface area contributed by atoms with Crippen LogP contribution in [-0.4, -0.2) is 25.2 Å². The van der Waals surface area contributed by atoms with Crippen LogP contribution in [0.25, 0.3) is 0 Å². The fraction of sp³-hybridized carbons (Fsp3) is 0.727. The second-order valence-electron chi connectivity index (χ2n) is 4.01. The number of aromatic nitrogens is 1. The van der Waals surface area contributed by atoms with Crippen molar-refractivity contribution in [3.8, 4) is 0 Å². The first-order chi connectivity index (χ1) is 7.31. The molecular weight excluding hydrogens is 192 g/mol. The lowest BCUT2D eigenvalue weighted by Gasteiger charge is -2.18. The first-order valence-electron chi connectivity index (χ1n) is 5.51. The van der Waals surface area contributed by atoms with Crippen LogP contribution in [-0.2, 0) is 4.74 Å². The van der Waals surface area contributed by atoms with Crippen molar-refractivity contribution in [1.29, 1.82) is 0 Å². The van der Waals surface area contributed by atoms with Crippen molar-refractivity contribution in [2.75, 3.05) is 20.3 Å². The molecule has 1 aromatic heterocycles. The summed E-state index contributed by atoms with van der Waals surface area (Å²) in [6.07, 6.45) is 3.80. The quantitative estimate of drug-likeness (QED) is 0.827. The molecule has 1 aliphatic rings. The van der Waals surface area contributed by atoms with E-state index in [1.165, 1.54) is 0 Å². The number of nitrogens with one attached hydrogen (secondary N) is 1. The van der Waals surface area contributed by atoms with Gasteiger partial charge < -0.3 is 14.5 Å². The maximum absolute atomic E-state index is 5.52. The Morgan fingerprint density at radius 2 is 2.20 bits per heavy atom. The molecule has 15 heavy (non-hydrogen) atoms. The lowest BCUT2D eigenvalue weighted by Crippen LogP contribution is -2.15. The van der Waals surface area contributed by atoms with Gasteiger partial charge in [0.1, 0.15) is 6.26 Å². The Kier molecular flexibility index (Phi) is 3.38. The van der Waals surface area contributed by atoms with Crippen LogP contribution in [0.15, 0.2) is 10.7 Å². The van der Waals surface area contributed by atoms with Gasteiger partial charge in [0.15, 0.2) is 5.89 Å². The summed E-state index contributed by atoms with van der Waals surface area (Å²) < 4.78 is 10.8. The maximum Gasteiger partial charge on any atom is 0.197 e. The second-order valence-corrected chi connectivity index (χ2v) is 4.01. The number of hydrogen-bond donors (Lipinski definition) is 1. The van der Waals surface area contributed by atoms with Gasteiger partial charge in [-0.05, 0) is 26.8 Å². The minimum Gasteiger partial charge on any atom is -0.448 e. The molecule has 2 rings (SSSR count). The predicted octanol–water partition coefficient (Wildman–Crippen LogP) is 1.85. The highest BCUT2D eigenvalue weighted by atomic mass is 16.5. The fourth-order valence-electron chi connectivity index (χ4n) is 1.78. The SMILES string of the molecule is CNC(C)c1coc(C2CCOCC2)n1. The molecule has 0 aliphatic carbocycles. The van der Waals surface area contributed by atoms with Crippen LogP contribution in [0.2, 0.25) is 0 Å². The number of ether oxygens (including phenoxy) is 1. The van der Waals surface area contributed by atoms with Crippen LogP contribution < -0.4 is 5.32 Å². The van der Waals surface area contributed by atoms with Gasteiger partial charge in [-0.1, -0.05) is 0 Å². The molecule has 0 radical (unpaired) electrons. The average Bonchev–Trinajstić information content (AvgIpc) is 2.78. The molecule has 0 bridgehead atoms. The normalized spacial score (nSPS) is 20.4. The number of rotatable bonds is 3. The summed E-state index contributed by atoms with van der Waals surface area (Å²) in [5, 5.41) is 3.15. The molecule has 1 unspecified atom stereocenters. The van der Waals surface area contributed by atoms with Gasteiger partial charge in [0, 0.05) is 25.2 Å². The van der Waals surface area contributed by atoms with E-state index in [-0.39, 0.29) is 6.04 Å². The molecule has 1 aromatic rings. The Balaban J connectivity index is 2.05. The van der Waals surface area contributed by atoms with E-state index < -0.39 is 0 Å². The smallest absolute Gasteiger partial charge is 0.197 e. The van der Waals surface area contributed by atoms with Crippen molar-refractivity contribution in [2.45, 2.75) is 31.7 Å². The molecule has 1 N–H and O–H groups in total. The van der Waals surface area contributed by atoms with E-state index in [4.69, 9.17) is 9.15 Å². The third-order valence-electron chi connectivity index (χ3n) is 2.99. The minimum atomic E-state index is 0.252. The highest BCUT2D eigenvalue weighted by Crippen LogP contribution is 2.27. The molecule has 84 valence electrons. The Morgan fingerprint density at radius 1 is 1.47 bits per heavy atom. The first kappa shape index (κ1) is 10.6. The molecule has 1 saturated heterocycles. The number of hydrogen-bond acceptors (Lipinski definition) is 4. The molecule has 0 amide bonds. The zero-order chi connectivity index (χ0) is 10.7. The fourth-order valence-corrected chi connectivity index (χ4v) is 1.78. The molecule has 0 saturated carbocycles. The number of oxazole rings is 1. The van der Waals surface area contributed by atoms with Gasteiger partial charge >= 0.3 is 0 Å². The van der Waals surface area contributed by atoms with Crippen molar-refractivity contribution >= 4 is 0 Å². The Bertz CT molecular complexity index is 305. The van der Waals surface area contributed by atoms with Crippen LogP contribution in [0, 0.1) is 0 Å². The maximum atomic E-state index is 5.52. The Labute approximate surface area is 90.0 Å². The van der Waals surface area contributed by atoms with Gasteiger partial charge in [0.05, 0.1) is 5.69 Å². The molecule has 0 aromatic carbocycles. The molecule has 2 heterocycles. The highest BCUT2D eigenvalue weighted by molar-refractivity contribution is 5.05. The van der Waals surface area contributed by atoms with E-state index >= 15 is 0 Å². The van der Waals surface area contributed by atoms with Gasteiger partial charge in [-0.25, -0.2) is 4.98 Å². The highest BCUT2D eigenvalue weighted by Gasteiger charge is 2.21. The van der Waals surface area contributed by atoms with Gasteiger partial charge in [0.25, 0.3) is 0 Å². The largest absolute Gasteiger partial charge is 0.448 e. The van der Waals surface area contributed by atoms with E-state index in [2.05, 4.69) is 17.2 Å². The number of nitrogens with zero attached hydrogens (tertiary/aromatic N) is 1. The average molecular weight is 210 g/mol. The summed E-state index contributed by atoms with van der Waals surface area (Å²) in [6, 6.07) is 0.252. The summed E-state index contributed by atoms with van der Waals surface area (Å²) in [5.74, 6) is 1.31. The van der Waals surface area contributed by atoms with Crippen LogP contribution in [0.1, 0.15) is 43.3 Å². The van der Waals surface area contributed by atoms with Crippen molar-refractivity contribution in [2.24, 2.45) is 0 Å². The molecule has 4 nitrogen and oxygen atoms in total. The van der Waals surface area contributed by atoms with Crippen LogP contribution in [0.3, 0.4) is 0 Å². The van der Waals surface area contributed by atoms with E-state index in [1.807, 2.05) is 7.05 Å². The van der Waals surface area contributed by atoms with E-state index in [1.54, 1.807) is 6.26 Å². The Morgan fingerprint density at radius 3 is 2.87 bits per heavy atom. The molecule has 1 aliphatic heterocycles. The van der Waals surface area contributed by atoms with Crippen LogP contribution in [0.5, 0.6) is 0 Å². The van der Waals surface area contributed by atoms with Crippen LogP contribution >= 0.6 is 0 Å². The van der Waals surface area contributed by atoms with E-state index in [0.29, 0.717) is 5.92 Å². The van der Waals surface area contributed by atoms with Gasteiger partial charge in [-0.3, -0.25) is 0 Å². The van der Waals surface area contributed by atoms with Crippen molar-refractivity contribution < 1.29 is 9.15 Å². The molecule has 4 heteroatoms. The monoisotopic (exact) mass is 210 g/mol. The zero-order valence-corrected chi connectivity index (χ0v) is 9.32. The lowest BCUT2D eigenvalue weighted by atomic mass is 10.0. The predicted molar refractivity (Wildman–Crippen MR) is 56.8 cm³/mol. The molecular formula is C11H18N2O2. The third kappa shape index (κ3) is 2.38. The summed E-state index contributed by atoms with van der Waals surface area (Å²) >= 11 is 0. The van der Waals surface area contributed by atoms with Crippen molar-refractivity contribution in [3.63, 3.8) is 0 Å². The molecule has 0 spiro atoms. The lowest BCUT2D eigenvalue weighted by molar-refractivity contribution is 0.0794. The van der Waals surface area contributed by atoms with Gasteiger partial charge in [-0.15, -0.1) is 0 Å². The minimum absolute atomic E-state index is 0.252. The summed E-state index contributed by atoms with van der Waals surface area (Å²) in [6.45, 7) is 3.72. The topological polar surface area (TPSA) is 47.3 Å². The standard InChI is InChI=1S/C11H18N2O2/c1-8(12-2)10-7-15-11(13-10)9-3-5-14-6-4-9/h7-9,12H,3-6H2,1-2H3. The summed E-state index contributed by atoms with van der Waals surface area (Å²) in [5.41, 5.74) is 0.985. The first-order valence-corrected chi connectivity index (χ1v) is 5.51. The van der Waals surface area contributed by atoms with E-state index in [9.17, 15) is 0 Å².